The van der Waals surface area contributed by atoms with E-state index in [9.17, 15) is 9.59 Å². The summed E-state index contributed by atoms with van der Waals surface area (Å²) in [7, 11) is 1.62. The molecule has 2 aliphatic heterocycles. The second kappa shape index (κ2) is 9.76. The number of rotatable bonds is 4. The van der Waals surface area contributed by atoms with E-state index >= 15 is 0 Å². The van der Waals surface area contributed by atoms with Gasteiger partial charge in [-0.05, 0) is 50.4 Å². The Morgan fingerprint density at radius 1 is 0.926 bits per heavy atom. The molecule has 3 fully saturated rings. The van der Waals surface area contributed by atoms with E-state index in [0.717, 1.165) is 45.4 Å². The van der Waals surface area contributed by atoms with E-state index in [-0.39, 0.29) is 18.0 Å². The lowest BCUT2D eigenvalue weighted by atomic mass is 9.69. The number of ether oxygens (including phenoxy) is 1. The Morgan fingerprint density at radius 3 is 2.33 bits per heavy atom. The van der Waals surface area contributed by atoms with Crippen molar-refractivity contribution in [2.24, 2.45) is 5.41 Å². The van der Waals surface area contributed by atoms with Crippen LogP contribution in [0.1, 0.15) is 70.6 Å². The number of carbonyl (C=O) groups excluding carboxylic acids is 2. The zero-order chi connectivity index (χ0) is 19.1. The number of nitrogens with one attached hydrogen (secondary N) is 1. The molecule has 1 saturated carbocycles. The minimum absolute atomic E-state index is 0.104. The van der Waals surface area contributed by atoms with E-state index in [4.69, 9.17) is 4.74 Å². The molecule has 0 bridgehead atoms. The van der Waals surface area contributed by atoms with Crippen LogP contribution in [0.4, 0.5) is 4.79 Å². The van der Waals surface area contributed by atoms with Gasteiger partial charge in [0.25, 0.3) is 0 Å². The van der Waals surface area contributed by atoms with E-state index in [1.54, 1.807) is 7.11 Å². The van der Waals surface area contributed by atoms with Crippen molar-refractivity contribution < 1.29 is 14.3 Å². The topological polar surface area (TPSA) is 61.9 Å². The molecule has 3 rings (SSSR count). The fourth-order valence-corrected chi connectivity index (χ4v) is 5.15. The van der Waals surface area contributed by atoms with Crippen molar-refractivity contribution in [1.82, 2.24) is 15.1 Å². The van der Waals surface area contributed by atoms with Gasteiger partial charge in [-0.25, -0.2) is 4.79 Å². The molecule has 2 heterocycles. The molecule has 1 spiro atoms. The first-order chi connectivity index (χ1) is 13.1. The third-order valence-electron chi connectivity index (χ3n) is 6.94. The summed E-state index contributed by atoms with van der Waals surface area (Å²) in [6, 6.07) is 0.294. The summed E-state index contributed by atoms with van der Waals surface area (Å²) in [5.41, 5.74) is 0.515. The lowest BCUT2D eigenvalue weighted by Gasteiger charge is -2.36. The SMILES string of the molecule is COCCC(=O)N1CCC(NC(=O)N2CCCC3(CCCCC3)CC2)CC1. The first-order valence-corrected chi connectivity index (χ1v) is 10.9. The highest BCUT2D eigenvalue weighted by molar-refractivity contribution is 5.76. The monoisotopic (exact) mass is 379 g/mol. The van der Waals surface area contributed by atoms with Gasteiger partial charge in [-0.2, -0.15) is 0 Å². The van der Waals surface area contributed by atoms with Gasteiger partial charge in [-0.15, -0.1) is 0 Å². The fourth-order valence-electron chi connectivity index (χ4n) is 5.15. The smallest absolute Gasteiger partial charge is 0.317 e. The molecule has 0 radical (unpaired) electrons. The largest absolute Gasteiger partial charge is 0.384 e. The van der Waals surface area contributed by atoms with Gasteiger partial charge in [0.2, 0.25) is 5.91 Å². The molecule has 0 aromatic rings. The van der Waals surface area contributed by atoms with Crippen molar-refractivity contribution in [3.8, 4) is 0 Å². The average Bonchev–Trinajstić information content (AvgIpc) is 2.90. The molecule has 0 aromatic heterocycles. The Morgan fingerprint density at radius 2 is 1.63 bits per heavy atom. The number of hydrogen-bond donors (Lipinski definition) is 1. The third-order valence-corrected chi connectivity index (χ3v) is 6.94. The minimum Gasteiger partial charge on any atom is -0.384 e. The van der Waals surface area contributed by atoms with Crippen LogP contribution in [-0.2, 0) is 9.53 Å². The van der Waals surface area contributed by atoms with Crippen molar-refractivity contribution in [3.63, 3.8) is 0 Å². The van der Waals surface area contributed by atoms with Gasteiger partial charge >= 0.3 is 6.03 Å². The standard InChI is InChI=1S/C21H37N3O3/c1-27-17-8-19(25)23-14-6-18(7-15-23)22-20(26)24-13-5-11-21(12-16-24)9-3-2-4-10-21/h18H,2-17H2,1H3,(H,22,26). The molecule has 0 unspecified atom stereocenters. The van der Waals surface area contributed by atoms with Crippen molar-refractivity contribution in [2.75, 3.05) is 39.9 Å². The summed E-state index contributed by atoms with van der Waals surface area (Å²) < 4.78 is 4.99. The minimum atomic E-state index is 0.104. The van der Waals surface area contributed by atoms with Gasteiger partial charge in [0.15, 0.2) is 0 Å². The molecule has 0 atom stereocenters. The summed E-state index contributed by atoms with van der Waals surface area (Å²) in [5, 5.41) is 3.23. The molecule has 6 nitrogen and oxygen atoms in total. The van der Waals surface area contributed by atoms with Gasteiger partial charge in [-0.3, -0.25) is 4.79 Å². The van der Waals surface area contributed by atoms with Gasteiger partial charge in [-0.1, -0.05) is 19.3 Å². The first-order valence-electron chi connectivity index (χ1n) is 10.9. The van der Waals surface area contributed by atoms with Crippen LogP contribution in [0.3, 0.4) is 0 Å². The van der Waals surface area contributed by atoms with Crippen molar-refractivity contribution in [2.45, 2.75) is 76.7 Å². The zero-order valence-electron chi connectivity index (χ0n) is 17.0. The van der Waals surface area contributed by atoms with E-state index in [1.807, 2.05) is 9.80 Å². The number of nitrogens with zero attached hydrogens (tertiary/aromatic N) is 2. The number of methoxy groups -OCH3 is 1. The predicted octanol–water partition coefficient (Wildman–Crippen LogP) is 3.16. The number of urea groups is 1. The third kappa shape index (κ3) is 5.59. The van der Waals surface area contributed by atoms with Crippen LogP contribution in [0, 0.1) is 5.41 Å². The van der Waals surface area contributed by atoms with Crippen LogP contribution in [-0.4, -0.2) is 67.7 Å². The molecule has 1 N–H and O–H groups in total. The highest BCUT2D eigenvalue weighted by Crippen LogP contribution is 2.44. The summed E-state index contributed by atoms with van der Waals surface area (Å²) >= 11 is 0. The summed E-state index contributed by atoms with van der Waals surface area (Å²) in [6.45, 7) is 3.74. The predicted molar refractivity (Wildman–Crippen MR) is 106 cm³/mol. The summed E-state index contributed by atoms with van der Waals surface area (Å²) in [6.07, 6.45) is 12.6. The number of likely N-dealkylation sites (tertiary alicyclic amines) is 2. The molecule has 154 valence electrons. The molecular weight excluding hydrogens is 342 g/mol. The van der Waals surface area contributed by atoms with Gasteiger partial charge in [0.05, 0.1) is 13.0 Å². The molecule has 6 heteroatoms. The van der Waals surface area contributed by atoms with Crippen LogP contribution in [0.25, 0.3) is 0 Å². The molecule has 2 saturated heterocycles. The molecule has 1 aliphatic carbocycles. The summed E-state index contributed by atoms with van der Waals surface area (Å²) in [5.74, 6) is 0.159. The maximum Gasteiger partial charge on any atom is 0.317 e. The molecule has 0 aromatic carbocycles. The average molecular weight is 380 g/mol. The Labute approximate surface area is 164 Å². The normalized spacial score (nSPS) is 23.9. The highest BCUT2D eigenvalue weighted by atomic mass is 16.5. The molecule has 3 amide bonds. The quantitative estimate of drug-likeness (QED) is 0.816. The van der Waals surface area contributed by atoms with Crippen molar-refractivity contribution >= 4 is 11.9 Å². The molecule has 3 aliphatic rings. The zero-order valence-corrected chi connectivity index (χ0v) is 17.0. The Bertz CT molecular complexity index is 497. The Hall–Kier alpha value is -1.30. The second-order valence-corrected chi connectivity index (χ2v) is 8.75. The van der Waals surface area contributed by atoms with E-state index in [1.165, 1.54) is 44.9 Å². The number of hydrogen-bond acceptors (Lipinski definition) is 3. The summed E-state index contributed by atoms with van der Waals surface area (Å²) in [4.78, 5) is 28.8. The van der Waals surface area contributed by atoms with Crippen LogP contribution < -0.4 is 5.32 Å². The highest BCUT2D eigenvalue weighted by Gasteiger charge is 2.35. The van der Waals surface area contributed by atoms with E-state index in [0.29, 0.717) is 18.4 Å². The molecular formula is C21H37N3O3. The van der Waals surface area contributed by atoms with E-state index < -0.39 is 0 Å². The van der Waals surface area contributed by atoms with Gasteiger partial charge < -0.3 is 19.9 Å². The van der Waals surface area contributed by atoms with Crippen LogP contribution in [0.5, 0.6) is 0 Å². The number of piperidine rings is 1. The van der Waals surface area contributed by atoms with Gasteiger partial charge in [0, 0.05) is 39.3 Å². The Balaban J connectivity index is 1.41. The lowest BCUT2D eigenvalue weighted by molar-refractivity contribution is -0.133. The first kappa shape index (κ1) is 20.4. The van der Waals surface area contributed by atoms with Gasteiger partial charge in [0.1, 0.15) is 0 Å². The van der Waals surface area contributed by atoms with Crippen molar-refractivity contribution in [1.29, 1.82) is 0 Å². The lowest BCUT2D eigenvalue weighted by Crippen LogP contribution is -2.50. The van der Waals surface area contributed by atoms with E-state index in [2.05, 4.69) is 5.32 Å². The maximum absolute atomic E-state index is 12.8. The van der Waals surface area contributed by atoms with Crippen LogP contribution >= 0.6 is 0 Å². The number of amides is 3. The second-order valence-electron chi connectivity index (χ2n) is 8.75. The van der Waals surface area contributed by atoms with Crippen LogP contribution in [0.2, 0.25) is 0 Å². The maximum atomic E-state index is 12.8. The molecule has 27 heavy (non-hydrogen) atoms. The van der Waals surface area contributed by atoms with Crippen molar-refractivity contribution in [3.05, 3.63) is 0 Å². The number of carbonyl (C=O) groups is 2. The fraction of sp³-hybridized carbons (Fsp3) is 0.905. The van der Waals surface area contributed by atoms with Crippen LogP contribution in [0.15, 0.2) is 0 Å². The Kier molecular flexibility index (Phi) is 7.39.